The standard InChI is InChI=1S/C23H30N2O4/c1-15(24-16(2)26)23-20-13-22(29-5)21(28-4)12-18(20)9-10-25(23)14-17-7-6-8-19(11-17)27-3/h6-8,11-13,15,23H,9-10,14H2,1-5H3,(H,24,26)/p+1/t15-,23+/m0/s1. The van der Waals surface area contributed by atoms with Gasteiger partial charge >= 0.3 is 0 Å². The Morgan fingerprint density at radius 2 is 1.86 bits per heavy atom. The minimum absolute atomic E-state index is 0.0224. The molecule has 3 atom stereocenters. The molecular weight excluding hydrogens is 368 g/mol. The van der Waals surface area contributed by atoms with Crippen LogP contribution in [0.1, 0.15) is 36.6 Å². The zero-order chi connectivity index (χ0) is 21.0. The maximum Gasteiger partial charge on any atom is 0.217 e. The highest BCUT2D eigenvalue weighted by Gasteiger charge is 2.36. The largest absolute Gasteiger partial charge is 0.497 e. The number of carbonyl (C=O) groups is 1. The number of hydrogen-bond acceptors (Lipinski definition) is 4. The molecule has 0 bridgehead atoms. The van der Waals surface area contributed by atoms with Gasteiger partial charge in [0.1, 0.15) is 18.3 Å². The lowest BCUT2D eigenvalue weighted by atomic mass is 9.87. The van der Waals surface area contributed by atoms with Crippen molar-refractivity contribution in [1.82, 2.24) is 5.32 Å². The first-order valence-corrected chi connectivity index (χ1v) is 9.96. The maximum absolute atomic E-state index is 11.8. The van der Waals surface area contributed by atoms with Crippen molar-refractivity contribution in [2.45, 2.75) is 38.9 Å². The van der Waals surface area contributed by atoms with Gasteiger partial charge < -0.3 is 24.4 Å². The molecule has 29 heavy (non-hydrogen) atoms. The maximum atomic E-state index is 11.8. The van der Waals surface area contributed by atoms with E-state index in [-0.39, 0.29) is 18.0 Å². The predicted molar refractivity (Wildman–Crippen MR) is 112 cm³/mol. The van der Waals surface area contributed by atoms with Crippen LogP contribution in [0.3, 0.4) is 0 Å². The van der Waals surface area contributed by atoms with Crippen LogP contribution in [0.5, 0.6) is 17.2 Å². The summed E-state index contributed by atoms with van der Waals surface area (Å²) in [5.74, 6) is 2.30. The molecule has 2 aromatic rings. The minimum Gasteiger partial charge on any atom is -0.497 e. The molecule has 1 heterocycles. The van der Waals surface area contributed by atoms with Crippen molar-refractivity contribution >= 4 is 5.91 Å². The van der Waals surface area contributed by atoms with Gasteiger partial charge in [-0.25, -0.2) is 0 Å². The molecule has 2 N–H and O–H groups in total. The number of quaternary nitrogens is 1. The van der Waals surface area contributed by atoms with E-state index in [1.165, 1.54) is 21.6 Å². The topological polar surface area (TPSA) is 61.2 Å². The van der Waals surface area contributed by atoms with Crippen LogP contribution in [0.2, 0.25) is 0 Å². The molecule has 1 aliphatic rings. The van der Waals surface area contributed by atoms with E-state index >= 15 is 0 Å². The Bertz CT molecular complexity index is 868. The molecule has 2 aromatic carbocycles. The van der Waals surface area contributed by atoms with Gasteiger partial charge in [0.2, 0.25) is 5.91 Å². The monoisotopic (exact) mass is 399 g/mol. The van der Waals surface area contributed by atoms with Gasteiger partial charge in [-0.3, -0.25) is 4.79 Å². The van der Waals surface area contributed by atoms with E-state index in [1.54, 1.807) is 28.3 Å². The summed E-state index contributed by atoms with van der Waals surface area (Å²) in [6.07, 6.45) is 0.943. The first-order valence-electron chi connectivity index (χ1n) is 9.96. The first-order chi connectivity index (χ1) is 14.0. The Morgan fingerprint density at radius 3 is 2.52 bits per heavy atom. The fourth-order valence-corrected chi connectivity index (χ4v) is 4.38. The first kappa shape index (κ1) is 21.0. The molecular formula is C23H31N2O4+. The normalized spacial score (nSPS) is 19.1. The zero-order valence-electron chi connectivity index (χ0n) is 17.9. The second kappa shape index (κ2) is 9.18. The van der Waals surface area contributed by atoms with Crippen LogP contribution in [-0.2, 0) is 17.8 Å². The number of methoxy groups -OCH3 is 3. The summed E-state index contributed by atoms with van der Waals surface area (Å²) in [5.41, 5.74) is 3.66. The summed E-state index contributed by atoms with van der Waals surface area (Å²) in [7, 11) is 5.00. The molecule has 3 rings (SSSR count). The molecule has 0 saturated carbocycles. The van der Waals surface area contributed by atoms with E-state index in [4.69, 9.17) is 14.2 Å². The Morgan fingerprint density at radius 1 is 1.14 bits per heavy atom. The summed E-state index contributed by atoms with van der Waals surface area (Å²) in [6.45, 7) is 5.45. The molecule has 156 valence electrons. The lowest BCUT2D eigenvalue weighted by Gasteiger charge is -2.38. The predicted octanol–water partition coefficient (Wildman–Crippen LogP) is 1.92. The third-order valence-electron chi connectivity index (χ3n) is 5.63. The van der Waals surface area contributed by atoms with Crippen LogP contribution in [0, 0.1) is 0 Å². The molecule has 0 aromatic heterocycles. The highest BCUT2D eigenvalue weighted by atomic mass is 16.5. The Kier molecular flexibility index (Phi) is 6.64. The second-order valence-electron chi connectivity index (χ2n) is 7.56. The van der Waals surface area contributed by atoms with Crippen molar-refractivity contribution < 1.29 is 23.9 Å². The van der Waals surface area contributed by atoms with E-state index in [1.807, 2.05) is 12.1 Å². The molecule has 1 unspecified atom stereocenters. The zero-order valence-corrected chi connectivity index (χ0v) is 17.9. The van der Waals surface area contributed by atoms with Crippen LogP contribution in [0.4, 0.5) is 0 Å². The van der Waals surface area contributed by atoms with Gasteiger partial charge in [-0.15, -0.1) is 0 Å². The summed E-state index contributed by atoms with van der Waals surface area (Å²) in [4.78, 5) is 13.2. The number of rotatable bonds is 7. The average molecular weight is 400 g/mol. The molecule has 1 aliphatic heterocycles. The third kappa shape index (κ3) is 4.65. The van der Waals surface area contributed by atoms with E-state index in [9.17, 15) is 4.79 Å². The van der Waals surface area contributed by atoms with Gasteiger partial charge in [0.05, 0.1) is 33.9 Å². The van der Waals surface area contributed by atoms with Crippen molar-refractivity contribution in [3.05, 3.63) is 53.1 Å². The molecule has 6 nitrogen and oxygen atoms in total. The van der Waals surface area contributed by atoms with Crippen molar-refractivity contribution in [1.29, 1.82) is 0 Å². The van der Waals surface area contributed by atoms with Crippen molar-refractivity contribution in [2.75, 3.05) is 27.9 Å². The summed E-state index contributed by atoms with van der Waals surface area (Å²) in [6, 6.07) is 12.4. The third-order valence-corrected chi connectivity index (χ3v) is 5.63. The smallest absolute Gasteiger partial charge is 0.217 e. The van der Waals surface area contributed by atoms with Crippen LogP contribution < -0.4 is 24.4 Å². The van der Waals surface area contributed by atoms with Crippen molar-refractivity contribution in [2.24, 2.45) is 0 Å². The Labute approximate surface area is 172 Å². The average Bonchev–Trinajstić information content (AvgIpc) is 2.72. The van der Waals surface area contributed by atoms with Crippen LogP contribution >= 0.6 is 0 Å². The highest BCUT2D eigenvalue weighted by Crippen LogP contribution is 2.35. The summed E-state index contributed by atoms with van der Waals surface area (Å²) < 4.78 is 16.4. The fourth-order valence-electron chi connectivity index (χ4n) is 4.38. The second-order valence-corrected chi connectivity index (χ2v) is 7.56. The number of ether oxygens (including phenoxy) is 3. The number of carbonyl (C=O) groups excluding carboxylic acids is 1. The van der Waals surface area contributed by atoms with E-state index < -0.39 is 0 Å². The fraction of sp³-hybridized carbons (Fsp3) is 0.435. The number of amides is 1. The van der Waals surface area contributed by atoms with E-state index in [0.717, 1.165) is 31.0 Å². The lowest BCUT2D eigenvalue weighted by molar-refractivity contribution is -0.948. The SMILES string of the molecule is COc1cccc(C[NH+]2CCc3cc(OC)c(OC)cc3[C@H]2[C@H](C)NC(C)=O)c1. The quantitative estimate of drug-likeness (QED) is 0.747. The van der Waals surface area contributed by atoms with E-state index in [2.05, 4.69) is 36.5 Å². The molecule has 6 heteroatoms. The van der Waals surface area contributed by atoms with Crippen molar-refractivity contribution in [3.63, 3.8) is 0 Å². The van der Waals surface area contributed by atoms with Crippen LogP contribution in [0.25, 0.3) is 0 Å². The molecule has 1 amide bonds. The molecule has 0 fully saturated rings. The van der Waals surface area contributed by atoms with Gasteiger partial charge in [0.15, 0.2) is 11.5 Å². The van der Waals surface area contributed by atoms with Gasteiger partial charge in [0, 0.05) is 24.5 Å². The number of hydrogen-bond donors (Lipinski definition) is 2. The summed E-state index contributed by atoms with van der Waals surface area (Å²) in [5, 5.41) is 3.10. The minimum atomic E-state index is -0.0229. The van der Waals surface area contributed by atoms with Gasteiger partial charge in [-0.05, 0) is 36.8 Å². The summed E-state index contributed by atoms with van der Waals surface area (Å²) >= 11 is 0. The van der Waals surface area contributed by atoms with Gasteiger partial charge in [0.25, 0.3) is 0 Å². The molecule has 0 saturated heterocycles. The number of fused-ring (bicyclic) bond motifs is 1. The van der Waals surface area contributed by atoms with Gasteiger partial charge in [-0.2, -0.15) is 0 Å². The Hall–Kier alpha value is -2.73. The Balaban J connectivity index is 1.99. The lowest BCUT2D eigenvalue weighted by Crippen LogP contribution is -3.13. The molecule has 0 aliphatic carbocycles. The highest BCUT2D eigenvalue weighted by molar-refractivity contribution is 5.73. The van der Waals surface area contributed by atoms with E-state index in [0.29, 0.717) is 5.75 Å². The number of benzene rings is 2. The van der Waals surface area contributed by atoms with Crippen LogP contribution in [0.15, 0.2) is 36.4 Å². The molecule has 0 radical (unpaired) electrons. The van der Waals surface area contributed by atoms with Gasteiger partial charge in [-0.1, -0.05) is 12.1 Å². The van der Waals surface area contributed by atoms with Crippen molar-refractivity contribution in [3.8, 4) is 17.2 Å². The van der Waals surface area contributed by atoms with Crippen LogP contribution in [-0.4, -0.2) is 39.8 Å². The molecule has 0 spiro atoms. The number of nitrogens with one attached hydrogen (secondary N) is 2.